The third-order valence-corrected chi connectivity index (χ3v) is 3.23. The highest BCUT2D eigenvalue weighted by atomic mass is 79.9. The molecule has 0 bridgehead atoms. The fourth-order valence-electron chi connectivity index (χ4n) is 1.89. The van der Waals surface area contributed by atoms with Crippen molar-refractivity contribution < 1.29 is 9.59 Å². The number of hydrogen-bond donors (Lipinski definition) is 2. The molecule has 1 saturated heterocycles. The molecule has 0 spiro atoms. The number of hydrogen-bond acceptors (Lipinski definition) is 2. The Morgan fingerprint density at radius 1 is 1.71 bits per heavy atom. The molecule has 17 heavy (non-hydrogen) atoms. The maximum absolute atomic E-state index is 11.9. The fraction of sp³-hybridized carbons (Fsp3) is 0.455. The molecule has 1 aromatic heterocycles. The highest BCUT2D eigenvalue weighted by Crippen LogP contribution is 2.13. The molecule has 2 heterocycles. The van der Waals surface area contributed by atoms with E-state index in [1.54, 1.807) is 10.6 Å². The van der Waals surface area contributed by atoms with Gasteiger partial charge in [-0.25, -0.2) is 0 Å². The summed E-state index contributed by atoms with van der Waals surface area (Å²) >= 11 is 3.32. The zero-order valence-electron chi connectivity index (χ0n) is 9.50. The van der Waals surface area contributed by atoms with Crippen LogP contribution in [0.5, 0.6) is 0 Å². The van der Waals surface area contributed by atoms with Crippen molar-refractivity contribution in [1.29, 1.82) is 0 Å². The van der Waals surface area contributed by atoms with Crippen LogP contribution in [0.4, 0.5) is 0 Å². The Kier molecular flexibility index (Phi) is 3.51. The highest BCUT2D eigenvalue weighted by molar-refractivity contribution is 9.10. The molecule has 1 aliphatic heterocycles. The molecule has 2 amide bonds. The van der Waals surface area contributed by atoms with E-state index in [4.69, 9.17) is 0 Å². The standard InChI is InChI=1S/C11H14BrN3O2/c1-15-6-7(12)4-9(15)11(17)13-5-8-2-3-10(16)14-8/h4,6,8H,2-3,5H2,1H3,(H,13,17)(H,14,16). The molecule has 92 valence electrons. The third kappa shape index (κ3) is 2.88. The van der Waals surface area contributed by atoms with Gasteiger partial charge in [0, 0.05) is 36.7 Å². The van der Waals surface area contributed by atoms with Crippen LogP contribution in [0.2, 0.25) is 0 Å². The van der Waals surface area contributed by atoms with Crippen LogP contribution in [0.1, 0.15) is 23.3 Å². The van der Waals surface area contributed by atoms with Crippen LogP contribution in [0, 0.1) is 0 Å². The van der Waals surface area contributed by atoms with Gasteiger partial charge in [0.15, 0.2) is 0 Å². The molecule has 1 atom stereocenters. The Morgan fingerprint density at radius 2 is 2.47 bits per heavy atom. The molecule has 5 nitrogen and oxygen atoms in total. The summed E-state index contributed by atoms with van der Waals surface area (Å²) in [4.78, 5) is 22.8. The predicted molar refractivity (Wildman–Crippen MR) is 66.6 cm³/mol. The van der Waals surface area contributed by atoms with Crippen LogP contribution in [-0.4, -0.2) is 29.0 Å². The van der Waals surface area contributed by atoms with Gasteiger partial charge in [-0.3, -0.25) is 9.59 Å². The van der Waals surface area contributed by atoms with Crippen molar-refractivity contribution >= 4 is 27.7 Å². The molecule has 1 aromatic rings. The van der Waals surface area contributed by atoms with Gasteiger partial charge < -0.3 is 15.2 Å². The lowest BCUT2D eigenvalue weighted by Crippen LogP contribution is -2.38. The molecule has 0 aromatic carbocycles. The minimum Gasteiger partial charge on any atom is -0.352 e. The van der Waals surface area contributed by atoms with E-state index < -0.39 is 0 Å². The zero-order valence-corrected chi connectivity index (χ0v) is 11.1. The quantitative estimate of drug-likeness (QED) is 0.867. The summed E-state index contributed by atoms with van der Waals surface area (Å²) in [7, 11) is 1.82. The number of carbonyl (C=O) groups is 2. The Hall–Kier alpha value is -1.30. The van der Waals surface area contributed by atoms with Gasteiger partial charge in [0.05, 0.1) is 0 Å². The number of nitrogens with one attached hydrogen (secondary N) is 2. The van der Waals surface area contributed by atoms with Crippen molar-refractivity contribution in [1.82, 2.24) is 15.2 Å². The molecule has 0 aliphatic carbocycles. The molecule has 0 saturated carbocycles. The largest absolute Gasteiger partial charge is 0.352 e. The van der Waals surface area contributed by atoms with Gasteiger partial charge in [0.2, 0.25) is 5.91 Å². The van der Waals surface area contributed by atoms with E-state index >= 15 is 0 Å². The Balaban J connectivity index is 1.89. The summed E-state index contributed by atoms with van der Waals surface area (Å²) in [5.74, 6) is -0.0646. The SMILES string of the molecule is Cn1cc(Br)cc1C(=O)NCC1CCC(=O)N1. The Bertz CT molecular complexity index is 456. The summed E-state index contributed by atoms with van der Waals surface area (Å²) in [5.41, 5.74) is 0.598. The highest BCUT2D eigenvalue weighted by Gasteiger charge is 2.21. The second kappa shape index (κ2) is 4.91. The first-order chi connectivity index (χ1) is 8.06. The molecule has 2 N–H and O–H groups in total. The molecule has 0 radical (unpaired) electrons. The summed E-state index contributed by atoms with van der Waals surface area (Å²) < 4.78 is 2.63. The van der Waals surface area contributed by atoms with Crippen molar-refractivity contribution in [2.75, 3.05) is 6.54 Å². The van der Waals surface area contributed by atoms with E-state index in [2.05, 4.69) is 26.6 Å². The number of aromatic nitrogens is 1. The predicted octanol–water partition coefficient (Wildman–Crippen LogP) is 0.796. The van der Waals surface area contributed by atoms with E-state index in [1.165, 1.54) is 0 Å². The van der Waals surface area contributed by atoms with Gasteiger partial charge >= 0.3 is 0 Å². The molecule has 6 heteroatoms. The Labute approximate surface area is 108 Å². The fourth-order valence-corrected chi connectivity index (χ4v) is 2.41. The molecule has 1 fully saturated rings. The summed E-state index contributed by atoms with van der Waals surface area (Å²) in [6.07, 6.45) is 3.17. The van der Waals surface area contributed by atoms with Gasteiger partial charge in [0.1, 0.15) is 5.69 Å². The van der Waals surface area contributed by atoms with Crippen molar-refractivity contribution in [3.05, 3.63) is 22.4 Å². The second-order valence-corrected chi connectivity index (χ2v) is 5.08. The molecule has 2 rings (SSSR count). The van der Waals surface area contributed by atoms with Gasteiger partial charge in [-0.2, -0.15) is 0 Å². The first kappa shape index (κ1) is 12.2. The third-order valence-electron chi connectivity index (χ3n) is 2.80. The zero-order chi connectivity index (χ0) is 12.4. The molecular weight excluding hydrogens is 286 g/mol. The van der Waals surface area contributed by atoms with Crippen molar-refractivity contribution in [2.24, 2.45) is 7.05 Å². The number of carbonyl (C=O) groups excluding carboxylic acids is 2. The maximum Gasteiger partial charge on any atom is 0.268 e. The summed E-state index contributed by atoms with van der Waals surface area (Å²) in [6.45, 7) is 0.480. The van der Waals surface area contributed by atoms with Gasteiger partial charge in [-0.1, -0.05) is 0 Å². The number of halogens is 1. The minimum atomic E-state index is -0.126. The minimum absolute atomic E-state index is 0.0610. The van der Waals surface area contributed by atoms with Gasteiger partial charge in [0.25, 0.3) is 5.91 Å². The van der Waals surface area contributed by atoms with Crippen LogP contribution in [0.3, 0.4) is 0 Å². The van der Waals surface area contributed by atoms with Crippen LogP contribution < -0.4 is 10.6 Å². The maximum atomic E-state index is 11.9. The molecule has 1 unspecified atom stereocenters. The number of rotatable bonds is 3. The van der Waals surface area contributed by atoms with E-state index in [-0.39, 0.29) is 17.9 Å². The molecule has 1 aliphatic rings. The number of amides is 2. The lowest BCUT2D eigenvalue weighted by Gasteiger charge is -2.11. The first-order valence-corrected chi connectivity index (χ1v) is 6.25. The average molecular weight is 300 g/mol. The second-order valence-electron chi connectivity index (χ2n) is 4.17. The summed E-state index contributed by atoms with van der Waals surface area (Å²) in [6, 6.07) is 1.83. The average Bonchev–Trinajstić information content (AvgIpc) is 2.81. The van der Waals surface area contributed by atoms with Crippen molar-refractivity contribution in [3.63, 3.8) is 0 Å². The van der Waals surface area contributed by atoms with Crippen LogP contribution in [-0.2, 0) is 11.8 Å². The first-order valence-electron chi connectivity index (χ1n) is 5.45. The van der Waals surface area contributed by atoms with E-state index in [9.17, 15) is 9.59 Å². The normalized spacial score (nSPS) is 19.2. The van der Waals surface area contributed by atoms with E-state index in [0.717, 1.165) is 10.9 Å². The van der Waals surface area contributed by atoms with E-state index in [1.807, 2.05) is 13.2 Å². The summed E-state index contributed by atoms with van der Waals surface area (Å²) in [5, 5.41) is 5.63. The van der Waals surface area contributed by atoms with Crippen molar-refractivity contribution in [2.45, 2.75) is 18.9 Å². The monoisotopic (exact) mass is 299 g/mol. The van der Waals surface area contributed by atoms with Crippen LogP contribution in [0.15, 0.2) is 16.7 Å². The van der Waals surface area contributed by atoms with Crippen LogP contribution >= 0.6 is 15.9 Å². The molecular formula is C11H14BrN3O2. The van der Waals surface area contributed by atoms with Gasteiger partial charge in [-0.15, -0.1) is 0 Å². The lowest BCUT2D eigenvalue weighted by molar-refractivity contribution is -0.119. The van der Waals surface area contributed by atoms with Crippen LogP contribution in [0.25, 0.3) is 0 Å². The number of nitrogens with zero attached hydrogens (tertiary/aromatic N) is 1. The van der Waals surface area contributed by atoms with Gasteiger partial charge in [-0.05, 0) is 28.4 Å². The smallest absolute Gasteiger partial charge is 0.268 e. The Morgan fingerprint density at radius 3 is 3.00 bits per heavy atom. The lowest BCUT2D eigenvalue weighted by atomic mass is 10.2. The van der Waals surface area contributed by atoms with E-state index in [0.29, 0.717) is 18.7 Å². The number of aryl methyl sites for hydroxylation is 1. The topological polar surface area (TPSA) is 63.1 Å². The van der Waals surface area contributed by atoms with Crippen molar-refractivity contribution in [3.8, 4) is 0 Å².